The number of hydrogen-bond donors (Lipinski definition) is 0. The van der Waals surface area contributed by atoms with Crippen LogP contribution in [0.3, 0.4) is 0 Å². The number of fused-ring (bicyclic) bond motifs is 1. The zero-order valence-electron chi connectivity index (χ0n) is 12.7. The molecule has 0 radical (unpaired) electrons. The van der Waals surface area contributed by atoms with Gasteiger partial charge in [0.2, 0.25) is 0 Å². The van der Waals surface area contributed by atoms with E-state index in [2.05, 4.69) is 10.1 Å². The van der Waals surface area contributed by atoms with E-state index in [0.29, 0.717) is 22.4 Å². The summed E-state index contributed by atoms with van der Waals surface area (Å²) in [6, 6.07) is 10.9. The molecule has 2 aromatic heterocycles. The molecule has 3 aromatic rings. The molecule has 114 valence electrons. The number of pyridine rings is 1. The summed E-state index contributed by atoms with van der Waals surface area (Å²) in [4.78, 5) is 4.60. The van der Waals surface area contributed by atoms with Gasteiger partial charge in [0.05, 0.1) is 16.8 Å². The summed E-state index contributed by atoms with van der Waals surface area (Å²) in [6.45, 7) is 5.67. The van der Waals surface area contributed by atoms with Crippen molar-refractivity contribution in [1.29, 1.82) is 0 Å². The first-order chi connectivity index (χ1) is 10.5. The molecular weight excluding hydrogens is 284 g/mol. The van der Waals surface area contributed by atoms with E-state index < -0.39 is 6.43 Å². The van der Waals surface area contributed by atoms with Gasteiger partial charge in [-0.3, -0.25) is 0 Å². The first kappa shape index (κ1) is 14.6. The smallest absolute Gasteiger partial charge is 0.244 e. The summed E-state index contributed by atoms with van der Waals surface area (Å²) < 4.78 is 28.7. The second-order valence-corrected chi connectivity index (χ2v) is 5.59. The summed E-state index contributed by atoms with van der Waals surface area (Å²) in [5, 5.41) is 4.85. The Kier molecular flexibility index (Phi) is 3.64. The van der Waals surface area contributed by atoms with Gasteiger partial charge in [0.1, 0.15) is 0 Å². The standard InChI is InChI=1S/C17H17F2N3/c1-10(2)22-17-15(11(3)21-22)13(16(18)19)9-14(20-17)12-7-5-4-6-8-12/h4-10,16H,1-3H3. The van der Waals surface area contributed by atoms with Crippen molar-refractivity contribution in [3.63, 3.8) is 0 Å². The highest BCUT2D eigenvalue weighted by Crippen LogP contribution is 2.33. The van der Waals surface area contributed by atoms with Crippen LogP contribution in [0.5, 0.6) is 0 Å². The minimum atomic E-state index is -2.56. The second kappa shape index (κ2) is 5.48. The summed E-state index contributed by atoms with van der Waals surface area (Å²) in [5.41, 5.74) is 2.47. The van der Waals surface area contributed by atoms with Crippen LogP contribution >= 0.6 is 0 Å². The summed E-state index contributed by atoms with van der Waals surface area (Å²) in [5.74, 6) is 0. The quantitative estimate of drug-likeness (QED) is 0.687. The largest absolute Gasteiger partial charge is 0.264 e. The monoisotopic (exact) mass is 301 g/mol. The molecule has 0 aliphatic carbocycles. The van der Waals surface area contributed by atoms with Crippen LogP contribution in [-0.4, -0.2) is 14.8 Å². The molecular formula is C17H17F2N3. The van der Waals surface area contributed by atoms with Gasteiger partial charge in [-0.15, -0.1) is 0 Å². The topological polar surface area (TPSA) is 30.7 Å². The Bertz CT molecular complexity index is 808. The molecule has 0 unspecified atom stereocenters. The molecule has 5 heteroatoms. The summed E-state index contributed by atoms with van der Waals surface area (Å²) in [6.07, 6.45) is -2.56. The Labute approximate surface area is 127 Å². The van der Waals surface area contributed by atoms with E-state index in [1.165, 1.54) is 6.07 Å². The fourth-order valence-electron chi connectivity index (χ4n) is 2.64. The third-order valence-corrected chi connectivity index (χ3v) is 3.66. The zero-order valence-corrected chi connectivity index (χ0v) is 12.7. The number of alkyl halides is 2. The Hall–Kier alpha value is -2.30. The first-order valence-electron chi connectivity index (χ1n) is 7.22. The van der Waals surface area contributed by atoms with Gasteiger partial charge < -0.3 is 0 Å². The molecule has 0 saturated heterocycles. The molecule has 0 atom stereocenters. The van der Waals surface area contributed by atoms with Gasteiger partial charge in [-0.2, -0.15) is 5.10 Å². The fraction of sp³-hybridized carbons (Fsp3) is 0.294. The predicted octanol–water partition coefficient (Wildman–Crippen LogP) is 4.93. The van der Waals surface area contributed by atoms with E-state index in [9.17, 15) is 8.78 Å². The van der Waals surface area contributed by atoms with Crippen molar-refractivity contribution in [3.05, 3.63) is 47.7 Å². The van der Waals surface area contributed by atoms with Gasteiger partial charge in [0.25, 0.3) is 6.43 Å². The first-order valence-corrected chi connectivity index (χ1v) is 7.22. The van der Waals surface area contributed by atoms with Crippen molar-refractivity contribution in [2.45, 2.75) is 33.2 Å². The minimum Gasteiger partial charge on any atom is -0.244 e. The molecule has 0 bridgehead atoms. The van der Waals surface area contributed by atoms with E-state index >= 15 is 0 Å². The molecule has 0 aliphatic rings. The second-order valence-electron chi connectivity index (χ2n) is 5.59. The average molecular weight is 301 g/mol. The maximum Gasteiger partial charge on any atom is 0.264 e. The average Bonchev–Trinajstić information content (AvgIpc) is 2.84. The molecule has 0 aliphatic heterocycles. The van der Waals surface area contributed by atoms with Crippen molar-refractivity contribution >= 4 is 11.0 Å². The maximum absolute atomic E-state index is 13.5. The molecule has 1 aromatic carbocycles. The van der Waals surface area contributed by atoms with Crippen molar-refractivity contribution in [2.75, 3.05) is 0 Å². The lowest BCUT2D eigenvalue weighted by atomic mass is 10.1. The van der Waals surface area contributed by atoms with Crippen molar-refractivity contribution in [2.24, 2.45) is 0 Å². The minimum absolute atomic E-state index is 0.00625. The van der Waals surface area contributed by atoms with Crippen LogP contribution in [0, 0.1) is 6.92 Å². The normalized spacial score (nSPS) is 11.8. The highest BCUT2D eigenvalue weighted by molar-refractivity contribution is 5.85. The van der Waals surface area contributed by atoms with Crippen molar-refractivity contribution < 1.29 is 8.78 Å². The van der Waals surface area contributed by atoms with Gasteiger partial charge in [0, 0.05) is 17.2 Å². The molecule has 0 amide bonds. The SMILES string of the molecule is Cc1nn(C(C)C)c2nc(-c3ccccc3)cc(C(F)F)c12. The number of aryl methyl sites for hydroxylation is 1. The Balaban J connectivity index is 2.35. The molecule has 0 spiro atoms. The van der Waals surface area contributed by atoms with E-state index in [1.54, 1.807) is 11.6 Å². The number of hydrogen-bond acceptors (Lipinski definition) is 2. The van der Waals surface area contributed by atoms with Crippen LogP contribution in [0.2, 0.25) is 0 Å². The number of benzene rings is 1. The molecule has 0 fully saturated rings. The summed E-state index contributed by atoms with van der Waals surface area (Å²) >= 11 is 0. The van der Waals surface area contributed by atoms with Crippen LogP contribution in [0.15, 0.2) is 36.4 Å². The third-order valence-electron chi connectivity index (χ3n) is 3.66. The van der Waals surface area contributed by atoms with Gasteiger partial charge in [-0.05, 0) is 26.8 Å². The van der Waals surface area contributed by atoms with Gasteiger partial charge in [0.15, 0.2) is 5.65 Å². The number of nitrogens with zero attached hydrogens (tertiary/aromatic N) is 3. The van der Waals surface area contributed by atoms with Crippen LogP contribution < -0.4 is 0 Å². The van der Waals surface area contributed by atoms with E-state index in [-0.39, 0.29) is 11.6 Å². The van der Waals surface area contributed by atoms with Gasteiger partial charge in [-0.25, -0.2) is 18.4 Å². The molecule has 2 heterocycles. The van der Waals surface area contributed by atoms with Crippen LogP contribution in [0.4, 0.5) is 8.78 Å². The lowest BCUT2D eigenvalue weighted by Gasteiger charge is -2.10. The van der Waals surface area contributed by atoms with E-state index in [1.807, 2.05) is 44.2 Å². The zero-order chi connectivity index (χ0) is 15.9. The Morgan fingerprint density at radius 2 is 1.77 bits per heavy atom. The Morgan fingerprint density at radius 3 is 2.36 bits per heavy atom. The molecule has 0 saturated carbocycles. The van der Waals surface area contributed by atoms with Crippen LogP contribution in [0.1, 0.15) is 37.6 Å². The van der Waals surface area contributed by atoms with Crippen molar-refractivity contribution in [1.82, 2.24) is 14.8 Å². The van der Waals surface area contributed by atoms with Crippen LogP contribution in [0.25, 0.3) is 22.3 Å². The van der Waals surface area contributed by atoms with E-state index in [4.69, 9.17) is 0 Å². The lowest BCUT2D eigenvalue weighted by Crippen LogP contribution is -2.04. The lowest BCUT2D eigenvalue weighted by molar-refractivity contribution is 0.153. The number of halogens is 2. The van der Waals surface area contributed by atoms with Gasteiger partial charge in [-0.1, -0.05) is 30.3 Å². The maximum atomic E-state index is 13.5. The molecule has 22 heavy (non-hydrogen) atoms. The molecule has 3 nitrogen and oxygen atoms in total. The Morgan fingerprint density at radius 1 is 1.09 bits per heavy atom. The number of aromatic nitrogens is 3. The summed E-state index contributed by atoms with van der Waals surface area (Å²) in [7, 11) is 0. The highest BCUT2D eigenvalue weighted by atomic mass is 19.3. The predicted molar refractivity (Wildman–Crippen MR) is 83.0 cm³/mol. The third kappa shape index (κ3) is 2.36. The number of rotatable bonds is 3. The van der Waals surface area contributed by atoms with Crippen molar-refractivity contribution in [3.8, 4) is 11.3 Å². The fourth-order valence-corrected chi connectivity index (χ4v) is 2.64. The molecule has 3 rings (SSSR count). The highest BCUT2D eigenvalue weighted by Gasteiger charge is 2.21. The molecule has 0 N–H and O–H groups in total. The van der Waals surface area contributed by atoms with E-state index in [0.717, 1.165) is 5.56 Å². The van der Waals surface area contributed by atoms with Gasteiger partial charge >= 0.3 is 0 Å². The van der Waals surface area contributed by atoms with Crippen LogP contribution in [-0.2, 0) is 0 Å².